The minimum atomic E-state index is -0.999. The topological polar surface area (TPSA) is 96.0 Å². The number of nitrogens with two attached hydrogens (primary N) is 1. The van der Waals surface area contributed by atoms with Gasteiger partial charge in [0.2, 0.25) is 0 Å². The summed E-state index contributed by atoms with van der Waals surface area (Å²) in [7, 11) is 0. The molecule has 0 radical (unpaired) electrons. The molecule has 0 unspecified atom stereocenters. The lowest BCUT2D eigenvalue weighted by molar-refractivity contribution is -0.115. The predicted octanol–water partition coefficient (Wildman–Crippen LogP) is 3.65. The van der Waals surface area contributed by atoms with Gasteiger partial charge in [-0.3, -0.25) is 10.1 Å². The van der Waals surface area contributed by atoms with Crippen molar-refractivity contribution < 1.29 is 9.59 Å². The Bertz CT molecular complexity index is 807. The molecular weight excluding hydrogens is 354 g/mol. The Morgan fingerprint density at radius 1 is 1.26 bits per heavy atom. The fourth-order valence-corrected chi connectivity index (χ4v) is 3.75. The van der Waals surface area contributed by atoms with Crippen molar-refractivity contribution >= 4 is 52.7 Å². The Morgan fingerprint density at radius 3 is 2.57 bits per heavy atom. The van der Waals surface area contributed by atoms with Crippen molar-refractivity contribution in [3.05, 3.63) is 51.9 Å². The van der Waals surface area contributed by atoms with Crippen molar-refractivity contribution in [2.45, 2.75) is 9.10 Å². The third-order valence-electron chi connectivity index (χ3n) is 2.52. The number of carbonyl (C=O) groups is 2. The number of nitrogens with zero attached hydrogens (tertiary/aromatic N) is 1. The monoisotopic (exact) mass is 363 g/mol. The fourth-order valence-electron chi connectivity index (χ4n) is 1.56. The van der Waals surface area contributed by atoms with Crippen molar-refractivity contribution in [2.24, 2.45) is 5.73 Å². The van der Waals surface area contributed by atoms with E-state index in [2.05, 4.69) is 0 Å². The van der Waals surface area contributed by atoms with Crippen LogP contribution in [0.25, 0.3) is 6.08 Å². The molecule has 0 saturated carbocycles. The number of nitrogens with one attached hydrogen (secondary N) is 1. The van der Waals surface area contributed by atoms with Crippen LogP contribution in [0.15, 0.2) is 51.1 Å². The van der Waals surface area contributed by atoms with Gasteiger partial charge in [0, 0.05) is 14.8 Å². The van der Waals surface area contributed by atoms with Crippen LogP contribution in [0, 0.1) is 11.3 Å². The van der Waals surface area contributed by atoms with Gasteiger partial charge in [-0.25, -0.2) is 4.79 Å². The lowest BCUT2D eigenvalue weighted by Gasteiger charge is -1.98. The summed E-state index contributed by atoms with van der Waals surface area (Å²) in [5.41, 5.74) is 4.68. The van der Waals surface area contributed by atoms with Crippen molar-refractivity contribution in [2.75, 3.05) is 0 Å². The second kappa shape index (κ2) is 7.83. The molecule has 2 rings (SSSR count). The molecule has 1 aromatic heterocycles. The van der Waals surface area contributed by atoms with E-state index in [1.54, 1.807) is 36.0 Å². The van der Waals surface area contributed by atoms with E-state index in [1.165, 1.54) is 17.4 Å². The van der Waals surface area contributed by atoms with E-state index in [-0.39, 0.29) is 5.57 Å². The molecule has 23 heavy (non-hydrogen) atoms. The molecule has 0 aliphatic carbocycles. The summed E-state index contributed by atoms with van der Waals surface area (Å²) in [6.07, 6.45) is 1.41. The summed E-state index contributed by atoms with van der Waals surface area (Å²) in [6, 6.07) is 11.8. The van der Waals surface area contributed by atoms with Crippen molar-refractivity contribution in [1.29, 1.82) is 5.26 Å². The molecule has 0 spiro atoms. The molecule has 1 aromatic carbocycles. The van der Waals surface area contributed by atoms with Gasteiger partial charge in [-0.1, -0.05) is 23.4 Å². The van der Waals surface area contributed by atoms with E-state index in [0.717, 1.165) is 14.0 Å². The van der Waals surface area contributed by atoms with Crippen molar-refractivity contribution in [1.82, 2.24) is 5.32 Å². The van der Waals surface area contributed by atoms with Crippen LogP contribution in [0.3, 0.4) is 0 Å². The van der Waals surface area contributed by atoms with Crippen molar-refractivity contribution in [3.8, 4) is 6.07 Å². The van der Waals surface area contributed by atoms with Crippen LogP contribution >= 0.6 is 34.7 Å². The molecular formula is C15H10ClN3O2S2. The predicted molar refractivity (Wildman–Crippen MR) is 91.2 cm³/mol. The SMILES string of the molecule is N#C/C(=C/c1ccc(Sc2ccc(Cl)cc2)s1)C(=O)NC(N)=O. The number of hydrogen-bond donors (Lipinski definition) is 2. The van der Waals surface area contributed by atoms with E-state index >= 15 is 0 Å². The Kier molecular flexibility index (Phi) is 5.82. The summed E-state index contributed by atoms with van der Waals surface area (Å²) < 4.78 is 0.992. The van der Waals surface area contributed by atoms with Crippen molar-refractivity contribution in [3.63, 3.8) is 0 Å². The number of hydrogen-bond acceptors (Lipinski definition) is 5. The first-order valence-corrected chi connectivity index (χ1v) is 8.25. The standard InChI is InChI=1S/C15H10ClN3O2S2/c16-10-1-3-11(4-2-10)22-13-6-5-12(23-13)7-9(8-17)14(20)19-15(18)21/h1-7H,(H3,18,19,20,21)/b9-7-. The zero-order valence-corrected chi connectivity index (χ0v) is 14.0. The molecule has 0 atom stereocenters. The van der Waals surface area contributed by atoms with E-state index in [4.69, 9.17) is 22.6 Å². The highest BCUT2D eigenvalue weighted by Crippen LogP contribution is 2.34. The van der Waals surface area contributed by atoms with Gasteiger partial charge in [-0.15, -0.1) is 11.3 Å². The molecule has 1 heterocycles. The first kappa shape index (κ1) is 17.1. The van der Waals surface area contributed by atoms with Gasteiger partial charge in [-0.2, -0.15) is 5.26 Å². The van der Waals surface area contributed by atoms with Gasteiger partial charge < -0.3 is 5.73 Å². The third kappa shape index (κ3) is 5.14. The average Bonchev–Trinajstić information content (AvgIpc) is 2.93. The molecule has 0 aliphatic rings. The van der Waals surface area contributed by atoms with Gasteiger partial charge in [0.05, 0.1) is 4.21 Å². The number of nitriles is 1. The summed E-state index contributed by atoms with van der Waals surface area (Å²) in [4.78, 5) is 24.0. The van der Waals surface area contributed by atoms with Gasteiger partial charge in [-0.05, 0) is 42.5 Å². The number of primary amides is 1. The van der Waals surface area contributed by atoms with Gasteiger partial charge in [0.15, 0.2) is 0 Å². The van der Waals surface area contributed by atoms with Gasteiger partial charge in [0.25, 0.3) is 5.91 Å². The van der Waals surface area contributed by atoms with Gasteiger partial charge >= 0.3 is 6.03 Å². The van der Waals surface area contributed by atoms with Crippen LogP contribution in [0.2, 0.25) is 5.02 Å². The van der Waals surface area contributed by atoms with E-state index < -0.39 is 11.9 Å². The first-order chi connectivity index (χ1) is 11.0. The zero-order valence-electron chi connectivity index (χ0n) is 11.6. The third-order valence-corrected chi connectivity index (χ3v) is 4.95. The Morgan fingerprint density at radius 2 is 1.96 bits per heavy atom. The second-order valence-electron chi connectivity index (χ2n) is 4.20. The van der Waals surface area contributed by atoms with Crippen LogP contribution in [0.1, 0.15) is 4.88 Å². The summed E-state index contributed by atoms with van der Waals surface area (Å²) in [6.45, 7) is 0. The summed E-state index contributed by atoms with van der Waals surface area (Å²) >= 11 is 8.80. The maximum Gasteiger partial charge on any atom is 0.319 e. The molecule has 0 saturated heterocycles. The Labute approximate surface area is 145 Å². The summed E-state index contributed by atoms with van der Waals surface area (Å²) in [5, 5.41) is 11.5. The lowest BCUT2D eigenvalue weighted by Crippen LogP contribution is -2.35. The minimum absolute atomic E-state index is 0.186. The Hall–Kier alpha value is -2.27. The largest absolute Gasteiger partial charge is 0.351 e. The maximum atomic E-state index is 11.6. The van der Waals surface area contributed by atoms with Crippen LogP contribution in [-0.4, -0.2) is 11.9 Å². The smallest absolute Gasteiger partial charge is 0.319 e. The molecule has 0 bridgehead atoms. The highest BCUT2D eigenvalue weighted by Gasteiger charge is 2.11. The van der Waals surface area contributed by atoms with Crippen LogP contribution in [0.5, 0.6) is 0 Å². The first-order valence-electron chi connectivity index (χ1n) is 6.24. The highest BCUT2D eigenvalue weighted by molar-refractivity contribution is 8.01. The molecule has 3 N–H and O–H groups in total. The number of rotatable bonds is 4. The average molecular weight is 364 g/mol. The van der Waals surface area contributed by atoms with Crippen LogP contribution in [-0.2, 0) is 4.79 Å². The number of halogens is 1. The maximum absolute atomic E-state index is 11.6. The van der Waals surface area contributed by atoms with E-state index in [1.807, 2.05) is 23.5 Å². The van der Waals surface area contributed by atoms with E-state index in [9.17, 15) is 9.59 Å². The number of urea groups is 1. The lowest BCUT2D eigenvalue weighted by atomic mass is 10.2. The molecule has 2 aromatic rings. The second-order valence-corrected chi connectivity index (χ2v) is 7.13. The number of benzene rings is 1. The molecule has 3 amide bonds. The molecule has 116 valence electrons. The highest BCUT2D eigenvalue weighted by atomic mass is 35.5. The normalized spacial score (nSPS) is 10.9. The zero-order chi connectivity index (χ0) is 16.8. The molecule has 0 aliphatic heterocycles. The summed E-state index contributed by atoms with van der Waals surface area (Å²) in [5.74, 6) is -0.819. The fraction of sp³-hybridized carbons (Fsp3) is 0. The minimum Gasteiger partial charge on any atom is -0.351 e. The molecule has 5 nitrogen and oxygen atoms in total. The number of imide groups is 1. The Balaban J connectivity index is 2.13. The molecule has 0 fully saturated rings. The van der Waals surface area contributed by atoms with Crippen LogP contribution < -0.4 is 11.1 Å². The molecule has 8 heteroatoms. The number of carbonyl (C=O) groups excluding carboxylic acids is 2. The van der Waals surface area contributed by atoms with Gasteiger partial charge in [0.1, 0.15) is 11.6 Å². The van der Waals surface area contributed by atoms with E-state index in [0.29, 0.717) is 5.02 Å². The number of amides is 3. The quantitative estimate of drug-likeness (QED) is 0.640. The van der Waals surface area contributed by atoms with Crippen LogP contribution in [0.4, 0.5) is 4.79 Å². The number of thiophene rings is 1.